The Hall–Kier alpha value is -0.610. The number of halogens is 2. The number of nitrogens with zero attached hydrogens (tertiary/aromatic N) is 1. The SMILES string of the molecule is CCc1nc(-c2ccc(Cl)c(Cl)c2)sc1CNC1CC1. The molecule has 1 aliphatic carbocycles. The summed E-state index contributed by atoms with van der Waals surface area (Å²) in [6.45, 7) is 3.07. The average molecular weight is 327 g/mol. The molecule has 106 valence electrons. The van der Waals surface area contributed by atoms with Crippen LogP contribution in [0.5, 0.6) is 0 Å². The fraction of sp³-hybridized carbons (Fsp3) is 0.400. The number of aromatic nitrogens is 1. The summed E-state index contributed by atoms with van der Waals surface area (Å²) >= 11 is 13.8. The van der Waals surface area contributed by atoms with Crippen molar-refractivity contribution in [1.82, 2.24) is 10.3 Å². The van der Waals surface area contributed by atoms with Crippen molar-refractivity contribution in [3.05, 3.63) is 38.8 Å². The van der Waals surface area contributed by atoms with Gasteiger partial charge in [0.05, 0.1) is 15.7 Å². The second-order valence-electron chi connectivity index (χ2n) is 5.03. The molecule has 2 aromatic rings. The van der Waals surface area contributed by atoms with Crippen molar-refractivity contribution >= 4 is 34.5 Å². The molecule has 1 fully saturated rings. The van der Waals surface area contributed by atoms with Gasteiger partial charge in [0.2, 0.25) is 0 Å². The van der Waals surface area contributed by atoms with E-state index in [9.17, 15) is 0 Å². The van der Waals surface area contributed by atoms with Crippen LogP contribution in [0, 0.1) is 0 Å². The maximum atomic E-state index is 6.09. The Balaban J connectivity index is 1.86. The van der Waals surface area contributed by atoms with E-state index in [2.05, 4.69) is 12.2 Å². The third-order valence-electron chi connectivity index (χ3n) is 3.41. The van der Waals surface area contributed by atoms with E-state index in [1.807, 2.05) is 18.2 Å². The second-order valence-corrected chi connectivity index (χ2v) is 6.92. The first kappa shape index (κ1) is 14.3. The molecule has 0 saturated heterocycles. The first-order chi connectivity index (χ1) is 9.67. The first-order valence-electron chi connectivity index (χ1n) is 6.84. The highest BCUT2D eigenvalue weighted by atomic mass is 35.5. The van der Waals surface area contributed by atoms with E-state index in [1.165, 1.54) is 23.4 Å². The van der Waals surface area contributed by atoms with Gasteiger partial charge in [0.25, 0.3) is 0 Å². The third kappa shape index (κ3) is 3.17. The molecule has 1 aliphatic rings. The fourth-order valence-corrected chi connectivity index (χ4v) is 3.47. The molecule has 1 heterocycles. The van der Waals surface area contributed by atoms with Crippen LogP contribution in [0.15, 0.2) is 18.2 Å². The zero-order chi connectivity index (χ0) is 14.1. The quantitative estimate of drug-likeness (QED) is 0.842. The summed E-state index contributed by atoms with van der Waals surface area (Å²) in [5, 5.41) is 5.74. The third-order valence-corrected chi connectivity index (χ3v) is 5.29. The largest absolute Gasteiger partial charge is 0.309 e. The standard InChI is InChI=1S/C15H16Cl2N2S/c1-2-13-14(8-18-10-4-5-10)20-15(19-13)9-3-6-11(16)12(17)7-9/h3,6-7,10,18H,2,4-5,8H2,1H3. The molecule has 1 aromatic carbocycles. The molecule has 1 aromatic heterocycles. The predicted octanol–water partition coefficient (Wildman–Crippen LogP) is 4.93. The van der Waals surface area contributed by atoms with Crippen LogP contribution in [0.2, 0.25) is 10.0 Å². The van der Waals surface area contributed by atoms with Crippen LogP contribution in [-0.2, 0) is 13.0 Å². The van der Waals surface area contributed by atoms with Crippen LogP contribution in [0.4, 0.5) is 0 Å². The lowest BCUT2D eigenvalue weighted by atomic mass is 10.2. The Kier molecular flexibility index (Phi) is 4.32. The van der Waals surface area contributed by atoms with Crippen LogP contribution in [0.3, 0.4) is 0 Å². The van der Waals surface area contributed by atoms with Gasteiger partial charge in [-0.3, -0.25) is 0 Å². The minimum absolute atomic E-state index is 0.579. The minimum atomic E-state index is 0.579. The molecule has 3 rings (SSSR count). The summed E-state index contributed by atoms with van der Waals surface area (Å²) < 4.78 is 0. The van der Waals surface area contributed by atoms with Gasteiger partial charge in [-0.25, -0.2) is 4.98 Å². The second kappa shape index (κ2) is 6.02. The maximum absolute atomic E-state index is 6.09. The topological polar surface area (TPSA) is 24.9 Å². The van der Waals surface area contributed by atoms with Crippen LogP contribution in [0.1, 0.15) is 30.3 Å². The molecule has 0 amide bonds. The van der Waals surface area contributed by atoms with Crippen LogP contribution in [-0.4, -0.2) is 11.0 Å². The highest BCUT2D eigenvalue weighted by Gasteiger charge is 2.21. The molecule has 0 spiro atoms. The lowest BCUT2D eigenvalue weighted by molar-refractivity contribution is 0.689. The number of thiazole rings is 1. The first-order valence-corrected chi connectivity index (χ1v) is 8.42. The van der Waals surface area contributed by atoms with Crippen molar-refractivity contribution in [2.45, 2.75) is 38.8 Å². The Labute approximate surface area is 133 Å². The van der Waals surface area contributed by atoms with E-state index < -0.39 is 0 Å². The van der Waals surface area contributed by atoms with Crippen molar-refractivity contribution in [2.24, 2.45) is 0 Å². The Morgan fingerprint density at radius 1 is 1.30 bits per heavy atom. The molecule has 0 bridgehead atoms. The van der Waals surface area contributed by atoms with E-state index in [0.717, 1.165) is 29.6 Å². The zero-order valence-corrected chi connectivity index (χ0v) is 13.6. The molecule has 20 heavy (non-hydrogen) atoms. The molecule has 1 saturated carbocycles. The van der Waals surface area contributed by atoms with Gasteiger partial charge in [0, 0.05) is 23.0 Å². The van der Waals surface area contributed by atoms with E-state index in [1.54, 1.807) is 11.3 Å². The highest BCUT2D eigenvalue weighted by molar-refractivity contribution is 7.15. The lowest BCUT2D eigenvalue weighted by Crippen LogP contribution is -2.15. The van der Waals surface area contributed by atoms with Gasteiger partial charge in [-0.2, -0.15) is 0 Å². The minimum Gasteiger partial charge on any atom is -0.309 e. The van der Waals surface area contributed by atoms with Crippen molar-refractivity contribution in [3.8, 4) is 10.6 Å². The molecule has 0 radical (unpaired) electrons. The number of hydrogen-bond acceptors (Lipinski definition) is 3. The van der Waals surface area contributed by atoms with Crippen molar-refractivity contribution in [3.63, 3.8) is 0 Å². The monoisotopic (exact) mass is 326 g/mol. The summed E-state index contributed by atoms with van der Waals surface area (Å²) in [7, 11) is 0. The molecule has 0 atom stereocenters. The molecule has 5 heteroatoms. The van der Waals surface area contributed by atoms with Gasteiger partial charge in [-0.1, -0.05) is 36.2 Å². The van der Waals surface area contributed by atoms with Crippen molar-refractivity contribution in [2.75, 3.05) is 0 Å². The Bertz CT molecular complexity index is 620. The maximum Gasteiger partial charge on any atom is 0.123 e. The number of hydrogen-bond donors (Lipinski definition) is 1. The van der Waals surface area contributed by atoms with E-state index >= 15 is 0 Å². The number of rotatable bonds is 5. The normalized spacial score (nSPS) is 14.8. The van der Waals surface area contributed by atoms with Crippen molar-refractivity contribution in [1.29, 1.82) is 0 Å². The van der Waals surface area contributed by atoms with E-state index in [-0.39, 0.29) is 0 Å². The molecule has 2 nitrogen and oxygen atoms in total. The Morgan fingerprint density at radius 2 is 2.10 bits per heavy atom. The molecular weight excluding hydrogens is 311 g/mol. The van der Waals surface area contributed by atoms with Crippen LogP contribution < -0.4 is 5.32 Å². The summed E-state index contributed by atoms with van der Waals surface area (Å²) in [6.07, 6.45) is 3.57. The molecule has 0 unspecified atom stereocenters. The highest BCUT2D eigenvalue weighted by Crippen LogP contribution is 2.33. The summed E-state index contributed by atoms with van der Waals surface area (Å²) in [5.41, 5.74) is 2.22. The van der Waals surface area contributed by atoms with Gasteiger partial charge >= 0.3 is 0 Å². The Morgan fingerprint density at radius 3 is 2.75 bits per heavy atom. The molecular formula is C15H16Cl2N2S. The van der Waals surface area contributed by atoms with Crippen LogP contribution in [0.25, 0.3) is 10.6 Å². The number of benzene rings is 1. The summed E-state index contributed by atoms with van der Waals surface area (Å²) in [4.78, 5) is 6.08. The fourth-order valence-electron chi connectivity index (χ4n) is 2.07. The van der Waals surface area contributed by atoms with Gasteiger partial charge in [0.1, 0.15) is 5.01 Å². The number of aryl methyl sites for hydroxylation is 1. The van der Waals surface area contributed by atoms with E-state index in [0.29, 0.717) is 10.0 Å². The summed E-state index contributed by atoms with van der Waals surface area (Å²) in [6, 6.07) is 6.41. The predicted molar refractivity (Wildman–Crippen MR) is 86.8 cm³/mol. The average Bonchev–Trinajstić information content (AvgIpc) is 3.18. The lowest BCUT2D eigenvalue weighted by Gasteiger charge is -2.00. The van der Waals surface area contributed by atoms with Gasteiger partial charge in [-0.15, -0.1) is 11.3 Å². The van der Waals surface area contributed by atoms with E-state index in [4.69, 9.17) is 28.2 Å². The van der Waals surface area contributed by atoms with Crippen LogP contribution >= 0.6 is 34.5 Å². The summed E-state index contributed by atoms with van der Waals surface area (Å²) in [5.74, 6) is 0. The van der Waals surface area contributed by atoms with Crippen molar-refractivity contribution < 1.29 is 0 Å². The van der Waals surface area contributed by atoms with Gasteiger partial charge in [0.15, 0.2) is 0 Å². The number of nitrogens with one attached hydrogen (secondary N) is 1. The zero-order valence-electron chi connectivity index (χ0n) is 11.2. The van der Waals surface area contributed by atoms with Gasteiger partial charge in [-0.05, 0) is 31.4 Å². The molecule has 0 aliphatic heterocycles. The smallest absolute Gasteiger partial charge is 0.123 e. The van der Waals surface area contributed by atoms with Gasteiger partial charge < -0.3 is 5.32 Å². The molecule has 1 N–H and O–H groups in total.